The van der Waals surface area contributed by atoms with Crippen LogP contribution in [0.1, 0.15) is 39.0 Å². The summed E-state index contributed by atoms with van der Waals surface area (Å²) >= 11 is 0. The number of piperidine rings is 1. The Labute approximate surface area is 98.6 Å². The van der Waals surface area contributed by atoms with Crippen LogP contribution in [0.4, 0.5) is 0 Å². The van der Waals surface area contributed by atoms with E-state index in [1.165, 1.54) is 12.8 Å². The van der Waals surface area contributed by atoms with Crippen molar-refractivity contribution in [2.75, 3.05) is 19.8 Å². The molecule has 0 aromatic heterocycles. The fourth-order valence-electron chi connectivity index (χ4n) is 3.03. The molecule has 2 rings (SSSR count). The molecule has 0 aromatic rings. The molecule has 16 heavy (non-hydrogen) atoms. The molecule has 0 amide bonds. The van der Waals surface area contributed by atoms with Crippen molar-refractivity contribution in [3.8, 4) is 0 Å². The van der Waals surface area contributed by atoms with E-state index < -0.39 is 0 Å². The number of aliphatic hydroxyl groups excluding tert-OH is 1. The van der Waals surface area contributed by atoms with Crippen molar-refractivity contribution in [3.05, 3.63) is 0 Å². The van der Waals surface area contributed by atoms with Crippen molar-refractivity contribution in [3.63, 3.8) is 0 Å². The van der Waals surface area contributed by atoms with Gasteiger partial charge in [0, 0.05) is 18.6 Å². The number of aliphatic hydroxyl groups is 1. The summed E-state index contributed by atoms with van der Waals surface area (Å²) in [6.07, 6.45) is 5.65. The van der Waals surface area contributed by atoms with E-state index in [4.69, 9.17) is 4.74 Å². The van der Waals surface area contributed by atoms with E-state index in [2.05, 4.69) is 12.2 Å². The number of ether oxygens (including phenoxy) is 1. The van der Waals surface area contributed by atoms with Crippen LogP contribution in [0.3, 0.4) is 0 Å². The summed E-state index contributed by atoms with van der Waals surface area (Å²) in [4.78, 5) is 0. The first kappa shape index (κ1) is 12.3. The van der Waals surface area contributed by atoms with Crippen LogP contribution < -0.4 is 5.32 Å². The highest BCUT2D eigenvalue weighted by Crippen LogP contribution is 2.26. The van der Waals surface area contributed by atoms with E-state index in [9.17, 15) is 5.11 Å². The zero-order valence-electron chi connectivity index (χ0n) is 10.3. The molecule has 2 aliphatic heterocycles. The van der Waals surface area contributed by atoms with Gasteiger partial charge in [0.15, 0.2) is 0 Å². The van der Waals surface area contributed by atoms with Crippen LogP contribution in [0.15, 0.2) is 0 Å². The van der Waals surface area contributed by atoms with Gasteiger partial charge in [-0.2, -0.15) is 0 Å². The Morgan fingerprint density at radius 2 is 2.31 bits per heavy atom. The molecule has 2 fully saturated rings. The highest BCUT2D eigenvalue weighted by atomic mass is 16.5. The summed E-state index contributed by atoms with van der Waals surface area (Å²) in [6, 6.07) is 0.297. The third kappa shape index (κ3) is 2.96. The molecule has 3 nitrogen and oxygen atoms in total. The van der Waals surface area contributed by atoms with Gasteiger partial charge >= 0.3 is 0 Å². The Kier molecular flexibility index (Phi) is 4.62. The Bertz CT molecular complexity index is 204. The quantitative estimate of drug-likeness (QED) is 0.768. The van der Waals surface area contributed by atoms with Gasteiger partial charge in [0.05, 0.1) is 12.7 Å². The maximum atomic E-state index is 10.4. The summed E-state index contributed by atoms with van der Waals surface area (Å²) < 4.78 is 5.46. The summed E-state index contributed by atoms with van der Waals surface area (Å²) in [5.41, 5.74) is 0. The second kappa shape index (κ2) is 5.99. The fraction of sp³-hybridized carbons (Fsp3) is 1.00. The van der Waals surface area contributed by atoms with Crippen LogP contribution >= 0.6 is 0 Å². The Morgan fingerprint density at radius 1 is 1.44 bits per heavy atom. The number of nitrogens with one attached hydrogen (secondary N) is 1. The fourth-order valence-corrected chi connectivity index (χ4v) is 3.03. The van der Waals surface area contributed by atoms with Crippen molar-refractivity contribution in [1.82, 2.24) is 5.32 Å². The molecule has 0 aliphatic carbocycles. The molecule has 3 heteroatoms. The number of hydrogen-bond acceptors (Lipinski definition) is 3. The molecule has 0 bridgehead atoms. The molecule has 2 aliphatic rings. The molecule has 0 saturated carbocycles. The molecular formula is C13H25NO2. The van der Waals surface area contributed by atoms with Crippen molar-refractivity contribution >= 4 is 0 Å². The van der Waals surface area contributed by atoms with Crippen LogP contribution in [0, 0.1) is 11.8 Å². The average Bonchev–Trinajstić information content (AvgIpc) is 2.39. The first-order chi connectivity index (χ1) is 7.81. The van der Waals surface area contributed by atoms with Gasteiger partial charge in [0.1, 0.15) is 0 Å². The Hall–Kier alpha value is -0.120. The van der Waals surface area contributed by atoms with E-state index in [-0.39, 0.29) is 6.10 Å². The average molecular weight is 227 g/mol. The highest BCUT2D eigenvalue weighted by Gasteiger charge is 2.32. The largest absolute Gasteiger partial charge is 0.391 e. The smallest absolute Gasteiger partial charge is 0.0743 e. The van der Waals surface area contributed by atoms with Crippen molar-refractivity contribution in [2.45, 2.75) is 51.2 Å². The SMILES string of the molecule is CCC1CCNC(C(O)C2CCCOC2)C1. The third-order valence-corrected chi connectivity index (χ3v) is 4.21. The zero-order chi connectivity index (χ0) is 11.4. The van der Waals surface area contributed by atoms with Gasteiger partial charge in [0.25, 0.3) is 0 Å². The Balaban J connectivity index is 1.84. The van der Waals surface area contributed by atoms with Crippen molar-refractivity contribution in [1.29, 1.82) is 0 Å². The summed E-state index contributed by atoms with van der Waals surface area (Å²) in [5.74, 6) is 1.15. The van der Waals surface area contributed by atoms with Crippen molar-refractivity contribution in [2.24, 2.45) is 11.8 Å². The molecule has 4 unspecified atom stereocenters. The minimum Gasteiger partial charge on any atom is -0.391 e. The molecular weight excluding hydrogens is 202 g/mol. The molecule has 2 saturated heterocycles. The highest BCUT2D eigenvalue weighted by molar-refractivity contribution is 4.87. The van der Waals surface area contributed by atoms with Gasteiger partial charge in [-0.25, -0.2) is 0 Å². The normalized spacial score (nSPS) is 38.2. The van der Waals surface area contributed by atoms with Gasteiger partial charge in [-0.15, -0.1) is 0 Å². The lowest BCUT2D eigenvalue weighted by atomic mass is 9.82. The standard InChI is InChI=1S/C13H25NO2/c1-2-10-5-6-14-12(8-10)13(15)11-4-3-7-16-9-11/h10-15H,2-9H2,1H3. The summed E-state index contributed by atoms with van der Waals surface area (Å²) in [5, 5.41) is 13.8. The predicted octanol–water partition coefficient (Wildman–Crippen LogP) is 1.55. The predicted molar refractivity (Wildman–Crippen MR) is 64.4 cm³/mol. The van der Waals surface area contributed by atoms with Crippen LogP contribution in [-0.2, 0) is 4.74 Å². The first-order valence-electron chi connectivity index (χ1n) is 6.80. The van der Waals surface area contributed by atoms with Crippen molar-refractivity contribution < 1.29 is 9.84 Å². The van der Waals surface area contributed by atoms with E-state index >= 15 is 0 Å². The van der Waals surface area contributed by atoms with E-state index in [1.807, 2.05) is 0 Å². The molecule has 0 aromatic carbocycles. The monoisotopic (exact) mass is 227 g/mol. The van der Waals surface area contributed by atoms with Gasteiger partial charge in [-0.05, 0) is 38.1 Å². The van der Waals surface area contributed by atoms with Crippen LogP contribution in [0.25, 0.3) is 0 Å². The van der Waals surface area contributed by atoms with E-state index in [1.54, 1.807) is 0 Å². The van der Waals surface area contributed by atoms with Gasteiger partial charge in [-0.3, -0.25) is 0 Å². The molecule has 0 spiro atoms. The maximum Gasteiger partial charge on any atom is 0.0743 e. The second-order valence-corrected chi connectivity index (χ2v) is 5.33. The lowest BCUT2D eigenvalue weighted by Gasteiger charge is -2.37. The van der Waals surface area contributed by atoms with Crippen LogP contribution in [0.2, 0.25) is 0 Å². The number of rotatable bonds is 3. The molecule has 94 valence electrons. The van der Waals surface area contributed by atoms with Gasteiger partial charge < -0.3 is 15.2 Å². The van der Waals surface area contributed by atoms with Crippen LogP contribution in [-0.4, -0.2) is 37.0 Å². The summed E-state index contributed by atoms with van der Waals surface area (Å²) in [6.45, 7) is 4.94. The topological polar surface area (TPSA) is 41.5 Å². The maximum absolute atomic E-state index is 10.4. The molecule has 2 N–H and O–H groups in total. The third-order valence-electron chi connectivity index (χ3n) is 4.21. The lowest BCUT2D eigenvalue weighted by Crippen LogP contribution is -2.50. The van der Waals surface area contributed by atoms with Crippen LogP contribution in [0.5, 0.6) is 0 Å². The molecule has 4 atom stereocenters. The summed E-state index contributed by atoms with van der Waals surface area (Å²) in [7, 11) is 0. The van der Waals surface area contributed by atoms with Gasteiger partial charge in [-0.1, -0.05) is 13.3 Å². The van der Waals surface area contributed by atoms with E-state index in [0.717, 1.165) is 44.9 Å². The zero-order valence-corrected chi connectivity index (χ0v) is 10.3. The van der Waals surface area contributed by atoms with E-state index in [0.29, 0.717) is 12.0 Å². The molecule has 0 radical (unpaired) electrons. The Morgan fingerprint density at radius 3 is 3.00 bits per heavy atom. The lowest BCUT2D eigenvalue weighted by molar-refractivity contribution is -0.0305. The minimum atomic E-state index is -0.213. The molecule has 2 heterocycles. The minimum absolute atomic E-state index is 0.213. The second-order valence-electron chi connectivity index (χ2n) is 5.33. The first-order valence-corrected chi connectivity index (χ1v) is 6.80. The van der Waals surface area contributed by atoms with Gasteiger partial charge in [0.2, 0.25) is 0 Å². The number of hydrogen-bond donors (Lipinski definition) is 2.